The molecule has 1 rings (SSSR count). The number of guanidine groups is 1. The number of hydrogen-bond donors (Lipinski definition) is 3. The number of nitrogens with zero attached hydrogens (tertiary/aromatic N) is 1. The summed E-state index contributed by atoms with van der Waals surface area (Å²) in [5, 5.41) is 9.45. The van der Waals surface area contributed by atoms with E-state index in [4.69, 9.17) is 0 Å². The van der Waals surface area contributed by atoms with E-state index in [1.165, 1.54) is 19.3 Å². The van der Waals surface area contributed by atoms with Crippen molar-refractivity contribution in [1.82, 2.24) is 16.0 Å². The van der Waals surface area contributed by atoms with E-state index in [1.807, 2.05) is 6.92 Å². The van der Waals surface area contributed by atoms with Crippen LogP contribution in [0.15, 0.2) is 4.99 Å². The van der Waals surface area contributed by atoms with Gasteiger partial charge in [0, 0.05) is 32.1 Å². The summed E-state index contributed by atoms with van der Waals surface area (Å²) in [5.74, 6) is 1.30. The fourth-order valence-corrected chi connectivity index (χ4v) is 2.44. The van der Waals surface area contributed by atoms with E-state index in [0.29, 0.717) is 13.1 Å². The second kappa shape index (κ2) is 13.2. The third kappa shape index (κ3) is 9.16. The van der Waals surface area contributed by atoms with Crippen LogP contribution in [-0.4, -0.2) is 38.0 Å². The highest BCUT2D eigenvalue weighted by Crippen LogP contribution is 2.23. The van der Waals surface area contributed by atoms with Gasteiger partial charge in [0.15, 0.2) is 5.96 Å². The Morgan fingerprint density at radius 1 is 1.05 bits per heavy atom. The van der Waals surface area contributed by atoms with Crippen molar-refractivity contribution in [3.8, 4) is 0 Å². The highest BCUT2D eigenvalue weighted by atomic mass is 127. The van der Waals surface area contributed by atoms with E-state index in [2.05, 4.69) is 27.9 Å². The minimum atomic E-state index is 0. The van der Waals surface area contributed by atoms with Crippen molar-refractivity contribution in [3.05, 3.63) is 0 Å². The van der Waals surface area contributed by atoms with Crippen LogP contribution in [0.2, 0.25) is 0 Å². The van der Waals surface area contributed by atoms with Gasteiger partial charge in [0.25, 0.3) is 0 Å². The molecule has 0 aromatic heterocycles. The first-order valence-electron chi connectivity index (χ1n) is 8.07. The van der Waals surface area contributed by atoms with Crippen molar-refractivity contribution in [1.29, 1.82) is 0 Å². The maximum absolute atomic E-state index is 12.0. The summed E-state index contributed by atoms with van der Waals surface area (Å²) >= 11 is 0. The van der Waals surface area contributed by atoms with Gasteiger partial charge in [0.05, 0.1) is 0 Å². The van der Waals surface area contributed by atoms with E-state index < -0.39 is 0 Å². The lowest BCUT2D eigenvalue weighted by molar-refractivity contribution is -0.125. The Kier molecular flexibility index (Phi) is 12.8. The van der Waals surface area contributed by atoms with Crippen molar-refractivity contribution in [2.24, 2.45) is 10.9 Å². The number of carbonyl (C=O) groups excluding carboxylic acids is 1. The average molecular weight is 410 g/mol. The first-order chi connectivity index (χ1) is 9.77. The molecule has 0 atom stereocenters. The van der Waals surface area contributed by atoms with Crippen molar-refractivity contribution >= 4 is 35.8 Å². The molecule has 3 N–H and O–H groups in total. The molecule has 0 aliphatic heterocycles. The van der Waals surface area contributed by atoms with Crippen LogP contribution in [0.25, 0.3) is 0 Å². The van der Waals surface area contributed by atoms with Crippen molar-refractivity contribution in [3.63, 3.8) is 0 Å². The Labute approximate surface area is 146 Å². The number of nitrogens with one attached hydrogen (secondary N) is 3. The molecule has 1 aliphatic rings. The summed E-state index contributed by atoms with van der Waals surface area (Å²) in [6, 6.07) is 0. The average Bonchev–Trinajstić information content (AvgIpc) is 2.49. The van der Waals surface area contributed by atoms with E-state index >= 15 is 0 Å². The zero-order chi connectivity index (χ0) is 14.6. The van der Waals surface area contributed by atoms with Gasteiger partial charge in [-0.2, -0.15) is 0 Å². The Hall–Kier alpha value is -0.530. The summed E-state index contributed by atoms with van der Waals surface area (Å²) in [6.07, 6.45) is 6.83. The van der Waals surface area contributed by atoms with E-state index in [9.17, 15) is 4.79 Å². The van der Waals surface area contributed by atoms with E-state index in [-0.39, 0.29) is 35.8 Å². The number of rotatable bonds is 7. The highest BCUT2D eigenvalue weighted by molar-refractivity contribution is 14.0. The molecule has 124 valence electrons. The summed E-state index contributed by atoms with van der Waals surface area (Å²) < 4.78 is 0. The van der Waals surface area contributed by atoms with Gasteiger partial charge in [-0.1, -0.05) is 26.2 Å². The Morgan fingerprint density at radius 3 is 2.33 bits per heavy atom. The Morgan fingerprint density at radius 2 is 1.71 bits per heavy atom. The highest BCUT2D eigenvalue weighted by Gasteiger charge is 2.20. The first-order valence-corrected chi connectivity index (χ1v) is 8.07. The lowest BCUT2D eigenvalue weighted by Crippen LogP contribution is -2.42. The molecule has 0 unspecified atom stereocenters. The van der Waals surface area contributed by atoms with Crippen molar-refractivity contribution in [2.45, 2.75) is 52.4 Å². The quantitative estimate of drug-likeness (QED) is 0.261. The first kappa shape index (κ1) is 20.5. The van der Waals surface area contributed by atoms with E-state index in [1.54, 1.807) is 0 Å². The smallest absolute Gasteiger partial charge is 0.223 e. The van der Waals surface area contributed by atoms with Crippen molar-refractivity contribution in [2.75, 3.05) is 26.2 Å². The minimum absolute atomic E-state index is 0. The van der Waals surface area contributed by atoms with Gasteiger partial charge in [-0.15, -0.1) is 24.0 Å². The van der Waals surface area contributed by atoms with Gasteiger partial charge in [-0.3, -0.25) is 9.79 Å². The summed E-state index contributed by atoms with van der Waals surface area (Å²) in [4.78, 5) is 16.4. The summed E-state index contributed by atoms with van der Waals surface area (Å²) in [5.41, 5.74) is 0. The molecule has 5 nitrogen and oxygen atoms in total. The Bertz CT molecular complexity index is 304. The SMILES string of the molecule is CCCN=C(NCC)NCCNC(=O)C1CCCCC1.I. The molecular weight excluding hydrogens is 379 g/mol. The third-order valence-corrected chi connectivity index (χ3v) is 3.53. The number of carbonyl (C=O) groups is 1. The fourth-order valence-electron chi connectivity index (χ4n) is 2.44. The zero-order valence-corrected chi connectivity index (χ0v) is 15.7. The zero-order valence-electron chi connectivity index (χ0n) is 13.4. The lowest BCUT2D eigenvalue weighted by Gasteiger charge is -2.21. The predicted molar refractivity (Wildman–Crippen MR) is 99.3 cm³/mol. The molecule has 21 heavy (non-hydrogen) atoms. The molecule has 0 aromatic carbocycles. The largest absolute Gasteiger partial charge is 0.357 e. The molecule has 0 saturated heterocycles. The molecule has 1 saturated carbocycles. The van der Waals surface area contributed by atoms with Crippen LogP contribution in [0.1, 0.15) is 52.4 Å². The van der Waals surface area contributed by atoms with Crippen molar-refractivity contribution < 1.29 is 4.79 Å². The van der Waals surface area contributed by atoms with Gasteiger partial charge < -0.3 is 16.0 Å². The number of halogens is 1. The van der Waals surface area contributed by atoms with Crippen LogP contribution >= 0.6 is 24.0 Å². The molecule has 0 radical (unpaired) electrons. The molecule has 0 spiro atoms. The number of aliphatic imine (C=N–C) groups is 1. The monoisotopic (exact) mass is 410 g/mol. The second-order valence-corrected chi connectivity index (χ2v) is 5.31. The number of hydrogen-bond acceptors (Lipinski definition) is 2. The van der Waals surface area contributed by atoms with Gasteiger partial charge in [0.1, 0.15) is 0 Å². The van der Waals surface area contributed by atoms with Gasteiger partial charge in [-0.05, 0) is 26.2 Å². The van der Waals surface area contributed by atoms with Crippen LogP contribution in [-0.2, 0) is 4.79 Å². The van der Waals surface area contributed by atoms with Crippen LogP contribution in [0.3, 0.4) is 0 Å². The molecule has 1 fully saturated rings. The van der Waals surface area contributed by atoms with Crippen LogP contribution in [0, 0.1) is 5.92 Å². The number of amides is 1. The maximum atomic E-state index is 12.0. The molecule has 0 bridgehead atoms. The summed E-state index contributed by atoms with van der Waals surface area (Å²) in [6.45, 7) is 7.21. The van der Waals surface area contributed by atoms with Crippen LogP contribution < -0.4 is 16.0 Å². The second-order valence-electron chi connectivity index (χ2n) is 5.31. The topological polar surface area (TPSA) is 65.5 Å². The summed E-state index contributed by atoms with van der Waals surface area (Å²) in [7, 11) is 0. The van der Waals surface area contributed by atoms with Gasteiger partial charge >= 0.3 is 0 Å². The minimum Gasteiger partial charge on any atom is -0.357 e. The molecular formula is C15H31IN4O. The molecule has 1 amide bonds. The van der Waals surface area contributed by atoms with E-state index in [0.717, 1.165) is 38.3 Å². The van der Waals surface area contributed by atoms with Gasteiger partial charge in [-0.25, -0.2) is 0 Å². The van der Waals surface area contributed by atoms with Crippen LogP contribution in [0.5, 0.6) is 0 Å². The lowest BCUT2D eigenvalue weighted by atomic mass is 9.89. The fraction of sp³-hybridized carbons (Fsp3) is 0.867. The van der Waals surface area contributed by atoms with Crippen LogP contribution in [0.4, 0.5) is 0 Å². The Balaban J connectivity index is 0.00000400. The standard InChI is InChI=1S/C15H30N4O.HI/c1-3-10-18-15(16-4-2)19-12-11-17-14(20)13-8-6-5-7-9-13;/h13H,3-12H2,1-2H3,(H,17,20)(H2,16,18,19);1H. The molecule has 0 heterocycles. The van der Waals surface area contributed by atoms with Gasteiger partial charge in [0.2, 0.25) is 5.91 Å². The molecule has 6 heteroatoms. The molecule has 1 aliphatic carbocycles. The normalized spacial score (nSPS) is 16.0. The predicted octanol–water partition coefficient (Wildman–Crippen LogP) is 2.27. The molecule has 0 aromatic rings. The third-order valence-electron chi connectivity index (χ3n) is 3.53. The maximum Gasteiger partial charge on any atom is 0.223 e.